The summed E-state index contributed by atoms with van der Waals surface area (Å²) < 4.78 is 29.9. The van der Waals surface area contributed by atoms with Crippen molar-refractivity contribution in [1.82, 2.24) is 0 Å². The maximum Gasteiger partial charge on any atom is 0.171 e. The second-order valence-electron chi connectivity index (χ2n) is 19.2. The van der Waals surface area contributed by atoms with Gasteiger partial charge < -0.3 is 9.13 Å². The van der Waals surface area contributed by atoms with E-state index in [0.29, 0.717) is 0 Å². The summed E-state index contributed by atoms with van der Waals surface area (Å²) >= 11 is 0. The van der Waals surface area contributed by atoms with Crippen LogP contribution in [0.5, 0.6) is 0 Å². The van der Waals surface area contributed by atoms with Gasteiger partial charge in [0.25, 0.3) is 0 Å². The van der Waals surface area contributed by atoms with Gasteiger partial charge in [0.15, 0.2) is 14.3 Å². The number of hydrogen-bond donors (Lipinski definition) is 0. The highest BCUT2D eigenvalue weighted by Gasteiger charge is 2.44. The van der Waals surface area contributed by atoms with Crippen molar-refractivity contribution in [2.24, 2.45) is 0 Å². The molecule has 0 aromatic heterocycles. The third-order valence-electron chi connectivity index (χ3n) is 14.1. The Kier molecular flexibility index (Phi) is 13.7. The summed E-state index contributed by atoms with van der Waals surface area (Å²) in [7, 11) is -8.60. The van der Waals surface area contributed by atoms with Gasteiger partial charge >= 0.3 is 0 Å². The number of allylic oxidation sites excluding steroid dienone is 2. The molecule has 0 atom stereocenters. The topological polar surface area (TPSA) is 34.1 Å². The van der Waals surface area contributed by atoms with Gasteiger partial charge in [-0.05, 0) is 117 Å². The summed E-state index contributed by atoms with van der Waals surface area (Å²) in [6.07, 6.45) is 0. The average Bonchev–Trinajstić information content (AvgIpc) is 3.78. The van der Waals surface area contributed by atoms with Gasteiger partial charge in [-0.15, -0.1) is 0 Å². The van der Waals surface area contributed by atoms with Crippen molar-refractivity contribution in [3.05, 3.63) is 324 Å². The molecule has 0 unspecified atom stereocenters. The summed E-state index contributed by atoms with van der Waals surface area (Å²) in [6.45, 7) is 4.96. The molecule has 0 saturated heterocycles. The zero-order chi connectivity index (χ0) is 51.2. The van der Waals surface area contributed by atoms with Crippen LogP contribution in [-0.2, 0) is 9.13 Å². The van der Waals surface area contributed by atoms with Crippen molar-refractivity contribution >= 4 is 75.7 Å². The minimum absolute atomic E-state index is 0.782. The maximum atomic E-state index is 14.9. The SMILES string of the molecule is C[Si]1(C)C(c2ccc(C#Cc3ccc(P(=O)(c4ccccc4)c4ccccc4)cc3)cc2)=C(c2ccccc2)C(c2ccccc2)=C1c1ccc(C#Cc2ccc(P(=O)(c3ccccc3)c3ccccc3)cc2)cc1. The van der Waals surface area contributed by atoms with E-state index >= 15 is 0 Å². The summed E-state index contributed by atoms with van der Waals surface area (Å²) in [5.74, 6) is 13.6. The second kappa shape index (κ2) is 21.1. The van der Waals surface area contributed by atoms with Gasteiger partial charge in [0.1, 0.15) is 8.07 Å². The van der Waals surface area contributed by atoms with Gasteiger partial charge in [0, 0.05) is 54.1 Å². The van der Waals surface area contributed by atoms with E-state index in [1.807, 2.05) is 170 Å². The van der Waals surface area contributed by atoms with Gasteiger partial charge in [-0.25, -0.2) is 0 Å². The first-order chi connectivity index (χ1) is 36.7. The molecule has 2 nitrogen and oxygen atoms in total. The molecule has 0 spiro atoms. The molecule has 0 N–H and O–H groups in total. The highest BCUT2D eigenvalue weighted by atomic mass is 31.2. The van der Waals surface area contributed by atoms with Crippen molar-refractivity contribution in [3.8, 4) is 23.7 Å². The predicted octanol–water partition coefficient (Wildman–Crippen LogP) is 14.1. The van der Waals surface area contributed by atoms with Crippen LogP contribution in [0.4, 0.5) is 0 Å². The Morgan fingerprint density at radius 1 is 0.253 bits per heavy atom. The van der Waals surface area contributed by atoms with Crippen molar-refractivity contribution in [2.45, 2.75) is 13.1 Å². The monoisotopic (exact) mass is 1010 g/mol. The van der Waals surface area contributed by atoms with Crippen LogP contribution in [0.3, 0.4) is 0 Å². The predicted molar refractivity (Wildman–Crippen MR) is 321 cm³/mol. The molecule has 5 heteroatoms. The van der Waals surface area contributed by atoms with Crippen molar-refractivity contribution in [2.75, 3.05) is 0 Å². The fourth-order valence-electron chi connectivity index (χ4n) is 10.5. The molecule has 10 aromatic rings. The van der Waals surface area contributed by atoms with Crippen LogP contribution in [-0.4, -0.2) is 8.07 Å². The van der Waals surface area contributed by atoms with Crippen LogP contribution < -0.4 is 31.8 Å². The first-order valence-electron chi connectivity index (χ1n) is 25.2. The van der Waals surface area contributed by atoms with Gasteiger partial charge in [-0.2, -0.15) is 0 Å². The van der Waals surface area contributed by atoms with E-state index in [4.69, 9.17) is 0 Å². The van der Waals surface area contributed by atoms with Crippen molar-refractivity contribution in [1.29, 1.82) is 0 Å². The minimum atomic E-state index is -3.08. The Hall–Kier alpha value is -8.52. The first kappa shape index (κ1) is 48.7. The molecule has 1 aliphatic rings. The van der Waals surface area contributed by atoms with E-state index in [1.54, 1.807) is 0 Å². The highest BCUT2D eigenvalue weighted by Crippen LogP contribution is 2.55. The Morgan fingerprint density at radius 3 is 0.720 bits per heavy atom. The molecule has 0 fully saturated rings. The smallest absolute Gasteiger partial charge is 0.171 e. The van der Waals surface area contributed by atoms with Crippen LogP contribution in [0, 0.1) is 23.7 Å². The molecule has 1 heterocycles. The largest absolute Gasteiger partial charge is 0.309 e. The fraction of sp³-hybridized carbons (Fsp3) is 0.0286. The molecule has 75 heavy (non-hydrogen) atoms. The fourth-order valence-corrected chi connectivity index (χ4v) is 19.6. The molecule has 11 rings (SSSR count). The van der Waals surface area contributed by atoms with Crippen LogP contribution >= 0.6 is 14.3 Å². The first-order valence-corrected chi connectivity index (χ1v) is 31.6. The average molecular weight is 1020 g/mol. The second-order valence-corrected chi connectivity index (χ2v) is 29.0. The molecule has 0 radical (unpaired) electrons. The Morgan fingerprint density at radius 2 is 0.467 bits per heavy atom. The molecular formula is C70H52O2P2Si. The van der Waals surface area contributed by atoms with Crippen LogP contribution in [0.15, 0.2) is 279 Å². The van der Waals surface area contributed by atoms with E-state index in [9.17, 15) is 9.13 Å². The van der Waals surface area contributed by atoms with Crippen LogP contribution in [0.1, 0.15) is 44.5 Å². The molecule has 0 aliphatic carbocycles. The lowest BCUT2D eigenvalue weighted by Crippen LogP contribution is -2.28. The van der Waals surface area contributed by atoms with Crippen LogP contribution in [0.25, 0.3) is 21.5 Å². The van der Waals surface area contributed by atoms with E-state index in [2.05, 4.69) is 146 Å². The lowest BCUT2D eigenvalue weighted by Gasteiger charge is -2.26. The summed E-state index contributed by atoms with van der Waals surface area (Å²) in [5.41, 5.74) is 10.9. The Labute approximate surface area is 442 Å². The third kappa shape index (κ3) is 9.63. The number of benzene rings is 10. The zero-order valence-electron chi connectivity index (χ0n) is 41.8. The molecular weight excluding hydrogens is 963 g/mol. The van der Waals surface area contributed by atoms with Crippen molar-refractivity contribution < 1.29 is 9.13 Å². The summed E-state index contributed by atoms with van der Waals surface area (Å²) in [6, 6.07) is 94.0. The Bertz CT molecular complexity index is 3590. The lowest BCUT2D eigenvalue weighted by molar-refractivity contribution is 0.591. The standard InChI is InChI=1S/C70H52O2P2Si/c1-75(2)69(59-45-37-53(38-46-59)33-35-55-41-49-65(50-42-55)73(71,61-25-13-5-14-26-61)62-27-15-6-16-28-62)67(57-21-9-3-10-22-57)68(58-23-11-4-12-24-58)70(75)60-47-39-54(40-48-60)34-36-56-43-51-66(52-44-56)74(72,63-29-17-7-18-30-63)64-31-19-8-20-32-64/h3-32,37-52H,1-2H3. The zero-order valence-corrected chi connectivity index (χ0v) is 44.6. The Balaban J connectivity index is 0.898. The van der Waals surface area contributed by atoms with E-state index < -0.39 is 22.4 Å². The van der Waals surface area contributed by atoms with Crippen molar-refractivity contribution in [3.63, 3.8) is 0 Å². The van der Waals surface area contributed by atoms with Gasteiger partial charge in [-0.1, -0.05) is 243 Å². The quantitative estimate of drug-likeness (QED) is 0.0777. The van der Waals surface area contributed by atoms with Gasteiger partial charge in [0.05, 0.1) is 0 Å². The third-order valence-corrected chi connectivity index (χ3v) is 23.8. The maximum absolute atomic E-state index is 14.9. The van der Waals surface area contributed by atoms with Gasteiger partial charge in [-0.3, -0.25) is 0 Å². The molecule has 0 amide bonds. The lowest BCUT2D eigenvalue weighted by atomic mass is 9.89. The highest BCUT2D eigenvalue weighted by molar-refractivity contribution is 7.85. The molecule has 0 bridgehead atoms. The normalized spacial score (nSPS) is 13.1. The minimum Gasteiger partial charge on any atom is -0.309 e. The number of rotatable bonds is 10. The number of hydrogen-bond acceptors (Lipinski definition) is 2. The van der Waals surface area contributed by atoms with Crippen LogP contribution in [0.2, 0.25) is 13.1 Å². The molecule has 0 saturated carbocycles. The molecule has 1 aliphatic heterocycles. The molecule has 10 aromatic carbocycles. The molecule has 358 valence electrons. The van der Waals surface area contributed by atoms with E-state index in [1.165, 1.54) is 43.8 Å². The summed E-state index contributed by atoms with van der Waals surface area (Å²) in [5, 5.41) is 7.57. The van der Waals surface area contributed by atoms with E-state index in [-0.39, 0.29) is 0 Å². The van der Waals surface area contributed by atoms with Gasteiger partial charge in [0.2, 0.25) is 0 Å². The summed E-state index contributed by atoms with van der Waals surface area (Å²) in [4.78, 5) is 0. The van der Waals surface area contributed by atoms with E-state index in [0.717, 1.165) is 54.1 Å².